The zero-order valence-electron chi connectivity index (χ0n) is 6.79. The summed E-state index contributed by atoms with van der Waals surface area (Å²) in [5.74, 6) is 0. The van der Waals surface area contributed by atoms with E-state index in [9.17, 15) is 0 Å². The van der Waals surface area contributed by atoms with Crippen LogP contribution in [0.1, 0.15) is 19.3 Å². The Balaban J connectivity index is 2.56. The third-order valence-corrected chi connectivity index (χ3v) is 1.62. The molecule has 0 saturated heterocycles. The van der Waals surface area contributed by atoms with Crippen LogP contribution in [0.15, 0.2) is 48.6 Å². The van der Waals surface area contributed by atoms with E-state index in [0.717, 1.165) is 19.3 Å². The summed E-state index contributed by atoms with van der Waals surface area (Å²) >= 11 is 0. The van der Waals surface area contributed by atoms with Crippen LogP contribution in [-0.4, -0.2) is 0 Å². The smallest absolute Gasteiger partial charge is 0.0100 e. The van der Waals surface area contributed by atoms with Gasteiger partial charge in [-0.25, -0.2) is 0 Å². The highest BCUT2D eigenvalue weighted by Gasteiger charge is 1.84. The molecular formula is C11H14. The van der Waals surface area contributed by atoms with Crippen LogP contribution in [0.4, 0.5) is 0 Å². The van der Waals surface area contributed by atoms with Crippen LogP contribution in [0.25, 0.3) is 0 Å². The second-order valence-electron chi connectivity index (χ2n) is 2.70. The topological polar surface area (TPSA) is 0 Å². The highest BCUT2D eigenvalue weighted by atomic mass is 13.9. The Morgan fingerprint density at radius 2 is 1.73 bits per heavy atom. The van der Waals surface area contributed by atoms with Gasteiger partial charge < -0.3 is 0 Å². The predicted octanol–water partition coefficient (Wildman–Crippen LogP) is 3.40. The van der Waals surface area contributed by atoms with Gasteiger partial charge in [0, 0.05) is 0 Å². The summed E-state index contributed by atoms with van der Waals surface area (Å²) in [4.78, 5) is 0. The van der Waals surface area contributed by atoms with E-state index in [-0.39, 0.29) is 0 Å². The minimum absolute atomic E-state index is 0.973. The quantitative estimate of drug-likeness (QED) is 0.491. The molecule has 0 fully saturated rings. The molecule has 1 rings (SSSR count). The Kier molecular flexibility index (Phi) is 3.46. The van der Waals surface area contributed by atoms with Crippen LogP contribution in [0.3, 0.4) is 0 Å². The molecule has 0 amide bonds. The van der Waals surface area contributed by atoms with Gasteiger partial charge in [-0.1, -0.05) is 48.6 Å². The summed E-state index contributed by atoms with van der Waals surface area (Å²) < 4.78 is 0. The van der Waals surface area contributed by atoms with Gasteiger partial charge in [0.2, 0.25) is 0 Å². The highest BCUT2D eigenvalue weighted by molar-refractivity contribution is 5.20. The molecule has 0 N–H and O–H groups in total. The third kappa shape index (κ3) is 3.61. The minimum Gasteiger partial charge on any atom is -0.0955 e. The summed E-state index contributed by atoms with van der Waals surface area (Å²) in [5.41, 5.74) is 1.19. The van der Waals surface area contributed by atoms with Crippen molar-refractivity contribution in [2.45, 2.75) is 19.3 Å². The van der Waals surface area contributed by atoms with Crippen molar-refractivity contribution in [3.8, 4) is 0 Å². The van der Waals surface area contributed by atoms with Gasteiger partial charge in [-0.15, -0.1) is 0 Å². The molecule has 58 valence electrons. The lowest BCUT2D eigenvalue weighted by atomic mass is 10.1. The molecule has 1 aliphatic carbocycles. The minimum atomic E-state index is 0.973. The van der Waals surface area contributed by atoms with Crippen molar-refractivity contribution in [1.29, 1.82) is 0 Å². The largest absolute Gasteiger partial charge is 0.0955 e. The van der Waals surface area contributed by atoms with E-state index in [2.05, 4.69) is 43.0 Å². The van der Waals surface area contributed by atoms with E-state index in [1.807, 2.05) is 0 Å². The molecule has 0 bridgehead atoms. The van der Waals surface area contributed by atoms with E-state index in [1.165, 1.54) is 5.57 Å². The zero-order chi connectivity index (χ0) is 7.94. The molecule has 0 aromatic heterocycles. The summed E-state index contributed by atoms with van der Waals surface area (Å²) in [7, 11) is 0. The average molecular weight is 146 g/mol. The molecule has 0 unspecified atom stereocenters. The van der Waals surface area contributed by atoms with Crippen LogP contribution in [0, 0.1) is 0 Å². The van der Waals surface area contributed by atoms with Crippen LogP contribution in [-0.2, 0) is 0 Å². The van der Waals surface area contributed by atoms with Crippen molar-refractivity contribution < 1.29 is 0 Å². The zero-order valence-corrected chi connectivity index (χ0v) is 6.79. The molecule has 0 spiro atoms. The Morgan fingerprint density at radius 1 is 1.00 bits per heavy atom. The van der Waals surface area contributed by atoms with Gasteiger partial charge in [0.05, 0.1) is 0 Å². The Hall–Kier alpha value is -1.04. The van der Waals surface area contributed by atoms with E-state index in [0.29, 0.717) is 0 Å². The number of rotatable bonds is 0. The molecule has 1 aliphatic rings. The van der Waals surface area contributed by atoms with Crippen LogP contribution in [0.2, 0.25) is 0 Å². The van der Waals surface area contributed by atoms with Gasteiger partial charge in [-0.3, -0.25) is 0 Å². The van der Waals surface area contributed by atoms with E-state index < -0.39 is 0 Å². The summed E-state index contributed by atoms with van der Waals surface area (Å²) in [6.07, 6.45) is 16.0. The van der Waals surface area contributed by atoms with Crippen molar-refractivity contribution in [3.05, 3.63) is 48.6 Å². The Labute approximate surface area is 68.6 Å². The molecule has 0 aliphatic heterocycles. The summed E-state index contributed by atoms with van der Waals surface area (Å²) in [6.45, 7) is 3.93. The standard InChI is InChI=1S/C11H14/c1-11-9-7-5-3-2-4-6-8-10-11/h2-3,5,7-8,10H,1,4,6,9H2/b3-2-,7-5-,10-8-. The van der Waals surface area contributed by atoms with Gasteiger partial charge in [-0.2, -0.15) is 0 Å². The molecule has 0 saturated carbocycles. The monoisotopic (exact) mass is 146 g/mol. The van der Waals surface area contributed by atoms with E-state index >= 15 is 0 Å². The number of hydrogen-bond donors (Lipinski definition) is 0. The fourth-order valence-corrected chi connectivity index (χ4v) is 0.983. The van der Waals surface area contributed by atoms with Crippen molar-refractivity contribution >= 4 is 0 Å². The predicted molar refractivity (Wildman–Crippen MR) is 50.4 cm³/mol. The molecule has 0 aromatic carbocycles. The first-order valence-electron chi connectivity index (χ1n) is 4.05. The van der Waals surface area contributed by atoms with Crippen molar-refractivity contribution in [2.24, 2.45) is 0 Å². The van der Waals surface area contributed by atoms with E-state index in [4.69, 9.17) is 0 Å². The van der Waals surface area contributed by atoms with Crippen molar-refractivity contribution in [1.82, 2.24) is 0 Å². The SMILES string of the molecule is C=C1/C=C\CC/C=C\C=C/C1. The molecule has 0 heterocycles. The lowest BCUT2D eigenvalue weighted by Crippen LogP contribution is -1.74. The Morgan fingerprint density at radius 3 is 2.64 bits per heavy atom. The van der Waals surface area contributed by atoms with Crippen LogP contribution < -0.4 is 0 Å². The Bertz CT molecular complexity index is 204. The second kappa shape index (κ2) is 4.73. The number of allylic oxidation sites excluding steroid dienone is 7. The first kappa shape index (κ1) is 8.06. The van der Waals surface area contributed by atoms with Gasteiger partial charge in [0.15, 0.2) is 0 Å². The fraction of sp³-hybridized carbons (Fsp3) is 0.273. The van der Waals surface area contributed by atoms with Crippen LogP contribution >= 0.6 is 0 Å². The maximum atomic E-state index is 3.93. The van der Waals surface area contributed by atoms with Gasteiger partial charge in [-0.05, 0) is 19.3 Å². The number of hydrogen-bond acceptors (Lipinski definition) is 0. The van der Waals surface area contributed by atoms with Crippen molar-refractivity contribution in [3.63, 3.8) is 0 Å². The maximum absolute atomic E-state index is 3.93. The molecule has 0 heteroatoms. The molecular weight excluding hydrogens is 132 g/mol. The summed E-state index contributed by atoms with van der Waals surface area (Å²) in [5, 5.41) is 0. The lowest BCUT2D eigenvalue weighted by Gasteiger charge is -1.94. The normalized spacial score (nSPS) is 27.5. The lowest BCUT2D eigenvalue weighted by molar-refractivity contribution is 1.05. The molecule has 0 radical (unpaired) electrons. The molecule has 0 atom stereocenters. The fourth-order valence-electron chi connectivity index (χ4n) is 0.983. The highest BCUT2D eigenvalue weighted by Crippen LogP contribution is 2.05. The van der Waals surface area contributed by atoms with Gasteiger partial charge >= 0.3 is 0 Å². The average Bonchev–Trinajstić information content (AvgIpc) is 2.03. The van der Waals surface area contributed by atoms with E-state index in [1.54, 1.807) is 0 Å². The summed E-state index contributed by atoms with van der Waals surface area (Å²) in [6, 6.07) is 0. The molecule has 0 nitrogen and oxygen atoms in total. The second-order valence-corrected chi connectivity index (χ2v) is 2.70. The first-order valence-corrected chi connectivity index (χ1v) is 4.05. The van der Waals surface area contributed by atoms with Gasteiger partial charge in [0.1, 0.15) is 0 Å². The van der Waals surface area contributed by atoms with Gasteiger partial charge in [0.25, 0.3) is 0 Å². The molecule has 0 aromatic rings. The molecule has 11 heavy (non-hydrogen) atoms. The van der Waals surface area contributed by atoms with Crippen molar-refractivity contribution in [2.75, 3.05) is 0 Å². The third-order valence-electron chi connectivity index (χ3n) is 1.62. The first-order chi connectivity index (χ1) is 5.39. The maximum Gasteiger partial charge on any atom is -0.0100 e. The van der Waals surface area contributed by atoms with Crippen LogP contribution in [0.5, 0.6) is 0 Å².